The van der Waals surface area contributed by atoms with E-state index in [1.807, 2.05) is 0 Å². The topological polar surface area (TPSA) is 149 Å². The van der Waals surface area contributed by atoms with Crippen molar-refractivity contribution in [1.29, 1.82) is 0 Å². The average molecular weight is 298 g/mol. The van der Waals surface area contributed by atoms with Gasteiger partial charge in [-0.25, -0.2) is 9.59 Å². The molecule has 114 valence electrons. The third-order valence-corrected chi connectivity index (χ3v) is 2.16. The average Bonchev–Trinajstić information content (AvgIpc) is 2.38. The van der Waals surface area contributed by atoms with E-state index in [-0.39, 0.29) is 30.4 Å². The molecule has 1 rings (SSSR count). The predicted molar refractivity (Wildman–Crippen MR) is 69.5 cm³/mol. The van der Waals surface area contributed by atoms with Gasteiger partial charge in [-0.3, -0.25) is 9.59 Å². The highest BCUT2D eigenvalue weighted by Gasteiger charge is 2.04. The number of aliphatic carboxylic acids is 2. The van der Waals surface area contributed by atoms with Crippen LogP contribution in [0.1, 0.15) is 40.0 Å². The van der Waals surface area contributed by atoms with Crippen LogP contribution < -0.4 is 0 Å². The van der Waals surface area contributed by atoms with Crippen molar-refractivity contribution in [2.75, 3.05) is 0 Å². The number of hydrogen-bond donors (Lipinski definition) is 4. The molecule has 8 heteroatoms. The summed E-state index contributed by atoms with van der Waals surface area (Å²) in [7, 11) is 0. The maximum Gasteiger partial charge on any atom is 0.335 e. The fraction of sp³-hybridized carbons (Fsp3) is 0.231. The van der Waals surface area contributed by atoms with Gasteiger partial charge in [-0.1, -0.05) is 0 Å². The first kappa shape index (κ1) is 18.1. The lowest BCUT2D eigenvalue weighted by molar-refractivity contribution is -0.138. The van der Waals surface area contributed by atoms with Gasteiger partial charge in [-0.2, -0.15) is 0 Å². The highest BCUT2D eigenvalue weighted by Crippen LogP contribution is 2.03. The molecule has 0 atom stereocenters. The van der Waals surface area contributed by atoms with Crippen molar-refractivity contribution in [3.63, 3.8) is 0 Å². The SMILES string of the molecule is O=C(O)CCCC(=O)O.O=C(O)c1ccc(C(=O)O)cc1. The Bertz CT molecular complexity index is 470. The van der Waals surface area contributed by atoms with Gasteiger partial charge in [-0.15, -0.1) is 0 Å². The number of benzene rings is 1. The molecule has 1 aromatic carbocycles. The Hall–Kier alpha value is -2.90. The smallest absolute Gasteiger partial charge is 0.335 e. The molecule has 0 radical (unpaired) electrons. The minimum absolute atomic E-state index is 0.0632. The van der Waals surface area contributed by atoms with Crippen LogP contribution in [0.5, 0.6) is 0 Å². The van der Waals surface area contributed by atoms with Crippen LogP contribution in [0.3, 0.4) is 0 Å². The highest BCUT2D eigenvalue weighted by molar-refractivity contribution is 5.91. The van der Waals surface area contributed by atoms with Gasteiger partial charge in [0.2, 0.25) is 0 Å². The molecule has 0 aromatic heterocycles. The molecule has 21 heavy (non-hydrogen) atoms. The van der Waals surface area contributed by atoms with E-state index in [2.05, 4.69) is 0 Å². The summed E-state index contributed by atoms with van der Waals surface area (Å²) in [5.74, 6) is -4.02. The first-order valence-electron chi connectivity index (χ1n) is 5.74. The molecule has 8 nitrogen and oxygen atoms in total. The lowest BCUT2D eigenvalue weighted by atomic mass is 10.1. The van der Waals surface area contributed by atoms with Crippen molar-refractivity contribution >= 4 is 23.9 Å². The fourth-order valence-electron chi connectivity index (χ4n) is 1.15. The first-order chi connectivity index (χ1) is 9.73. The summed E-state index contributed by atoms with van der Waals surface area (Å²) in [6.07, 6.45) is 0.0866. The third kappa shape index (κ3) is 8.76. The summed E-state index contributed by atoms with van der Waals surface area (Å²) in [5.41, 5.74) is 0.167. The molecule has 0 bridgehead atoms. The number of hydrogen-bond acceptors (Lipinski definition) is 4. The Morgan fingerprint density at radius 1 is 0.667 bits per heavy atom. The molecule has 0 fully saturated rings. The highest BCUT2D eigenvalue weighted by atomic mass is 16.4. The quantitative estimate of drug-likeness (QED) is 0.615. The Balaban J connectivity index is 0.000000400. The van der Waals surface area contributed by atoms with Gasteiger partial charge in [0.25, 0.3) is 0 Å². The molecule has 0 aliphatic heterocycles. The molecule has 0 saturated heterocycles. The molecule has 0 aliphatic carbocycles. The van der Waals surface area contributed by atoms with Crippen molar-refractivity contribution < 1.29 is 39.6 Å². The van der Waals surface area contributed by atoms with Crippen molar-refractivity contribution in [3.05, 3.63) is 35.4 Å². The maximum atomic E-state index is 10.3. The summed E-state index contributed by atoms with van der Waals surface area (Å²) >= 11 is 0. The van der Waals surface area contributed by atoms with Crippen molar-refractivity contribution in [2.45, 2.75) is 19.3 Å². The van der Waals surface area contributed by atoms with Crippen LogP contribution in [0.2, 0.25) is 0 Å². The Labute approximate surface area is 119 Å². The van der Waals surface area contributed by atoms with E-state index in [0.717, 1.165) is 0 Å². The largest absolute Gasteiger partial charge is 0.481 e. The number of carboxylic acids is 4. The second-order valence-electron chi connectivity index (χ2n) is 3.83. The lowest BCUT2D eigenvalue weighted by Gasteiger charge is -1.94. The summed E-state index contributed by atoms with van der Waals surface area (Å²) in [6.45, 7) is 0. The number of rotatable bonds is 6. The molecular formula is C13H14O8. The van der Waals surface area contributed by atoms with Gasteiger partial charge in [0.05, 0.1) is 11.1 Å². The van der Waals surface area contributed by atoms with E-state index in [1.54, 1.807) is 0 Å². The van der Waals surface area contributed by atoms with Gasteiger partial charge < -0.3 is 20.4 Å². The van der Waals surface area contributed by atoms with Crippen LogP contribution in [0.4, 0.5) is 0 Å². The van der Waals surface area contributed by atoms with Gasteiger partial charge in [0, 0.05) is 12.8 Å². The molecule has 1 aromatic rings. The van der Waals surface area contributed by atoms with Gasteiger partial charge in [0.1, 0.15) is 0 Å². The van der Waals surface area contributed by atoms with Crippen LogP contribution in [-0.4, -0.2) is 44.3 Å². The molecule has 0 heterocycles. The van der Waals surface area contributed by atoms with Gasteiger partial charge in [-0.05, 0) is 30.7 Å². The molecule has 4 N–H and O–H groups in total. The van der Waals surface area contributed by atoms with E-state index in [4.69, 9.17) is 20.4 Å². The molecule has 0 spiro atoms. The van der Waals surface area contributed by atoms with Gasteiger partial charge in [0.15, 0.2) is 0 Å². The van der Waals surface area contributed by atoms with Crippen LogP contribution >= 0.6 is 0 Å². The van der Waals surface area contributed by atoms with Crippen LogP contribution in [0.25, 0.3) is 0 Å². The van der Waals surface area contributed by atoms with Crippen molar-refractivity contribution in [3.8, 4) is 0 Å². The van der Waals surface area contributed by atoms with E-state index in [0.29, 0.717) is 0 Å². The summed E-state index contributed by atoms with van der Waals surface area (Å²) < 4.78 is 0. The lowest BCUT2D eigenvalue weighted by Crippen LogP contribution is -1.99. The minimum Gasteiger partial charge on any atom is -0.481 e. The fourth-order valence-corrected chi connectivity index (χ4v) is 1.15. The first-order valence-corrected chi connectivity index (χ1v) is 5.74. The molecule has 0 aliphatic rings. The van der Waals surface area contributed by atoms with Crippen molar-refractivity contribution in [2.24, 2.45) is 0 Å². The summed E-state index contributed by atoms with van der Waals surface area (Å²) in [5, 5.41) is 33.0. The standard InChI is InChI=1S/C8H6O4.C5H8O4/c9-7(10)5-1-2-6(4-3-5)8(11)12;6-4(7)2-1-3-5(8)9/h1-4H,(H,9,10)(H,11,12);1-3H2,(H,6,7)(H,8,9). The number of carboxylic acid groups (broad SMARTS) is 4. The van der Waals surface area contributed by atoms with Crippen LogP contribution in [-0.2, 0) is 9.59 Å². The zero-order valence-corrected chi connectivity index (χ0v) is 10.9. The summed E-state index contributed by atoms with van der Waals surface area (Å²) in [4.78, 5) is 40.2. The van der Waals surface area contributed by atoms with Crippen LogP contribution in [0, 0.1) is 0 Å². The second-order valence-corrected chi connectivity index (χ2v) is 3.83. The molecular weight excluding hydrogens is 284 g/mol. The van der Waals surface area contributed by atoms with E-state index in [1.165, 1.54) is 24.3 Å². The van der Waals surface area contributed by atoms with E-state index < -0.39 is 23.9 Å². The van der Waals surface area contributed by atoms with E-state index in [9.17, 15) is 19.2 Å². The maximum absolute atomic E-state index is 10.3. The van der Waals surface area contributed by atoms with E-state index >= 15 is 0 Å². The minimum atomic E-state index is -1.06. The monoisotopic (exact) mass is 298 g/mol. The Kier molecular flexibility index (Phi) is 7.82. The number of aromatic carboxylic acids is 2. The van der Waals surface area contributed by atoms with Crippen LogP contribution in [0.15, 0.2) is 24.3 Å². The molecule has 0 unspecified atom stereocenters. The van der Waals surface area contributed by atoms with Crippen molar-refractivity contribution in [1.82, 2.24) is 0 Å². The van der Waals surface area contributed by atoms with Gasteiger partial charge >= 0.3 is 23.9 Å². The molecule has 0 amide bonds. The number of carbonyl (C=O) groups is 4. The second kappa shape index (κ2) is 9.08. The zero-order chi connectivity index (χ0) is 16.4. The predicted octanol–water partition coefficient (Wildman–Crippen LogP) is 1.41. The molecule has 0 saturated carbocycles. The Morgan fingerprint density at radius 3 is 1.14 bits per heavy atom. The Morgan fingerprint density at radius 2 is 0.952 bits per heavy atom. The zero-order valence-electron chi connectivity index (χ0n) is 10.9. The normalized spacial score (nSPS) is 9.14. The summed E-state index contributed by atoms with van der Waals surface area (Å²) in [6, 6.07) is 5.02. The third-order valence-electron chi connectivity index (χ3n) is 2.16.